The van der Waals surface area contributed by atoms with Crippen LogP contribution in [-0.2, 0) is 0 Å². The molecule has 1 rings (SSSR count). The highest BCUT2D eigenvalue weighted by molar-refractivity contribution is 9.10. The van der Waals surface area contributed by atoms with E-state index >= 15 is 0 Å². The van der Waals surface area contributed by atoms with Crippen molar-refractivity contribution in [2.75, 3.05) is 25.5 Å². The van der Waals surface area contributed by atoms with Crippen LogP contribution in [0.25, 0.3) is 0 Å². The molecule has 0 saturated heterocycles. The molecule has 0 spiro atoms. The maximum Gasteiger partial charge on any atom is 0.119 e. The first kappa shape index (κ1) is 15.0. The van der Waals surface area contributed by atoms with Gasteiger partial charge in [-0.3, -0.25) is 4.90 Å². The molecule has 0 bridgehead atoms. The second kappa shape index (κ2) is 6.76. The van der Waals surface area contributed by atoms with Gasteiger partial charge in [0.05, 0.1) is 0 Å². The Bertz CT molecular complexity index is 338. The minimum Gasteiger partial charge on any atom is -0.492 e. The highest BCUT2D eigenvalue weighted by atomic mass is 79.9. The van der Waals surface area contributed by atoms with Crippen molar-refractivity contribution in [1.29, 1.82) is 0 Å². The Morgan fingerprint density at radius 2 is 1.82 bits per heavy atom. The van der Waals surface area contributed by atoms with Crippen LogP contribution in [0.2, 0.25) is 0 Å². The van der Waals surface area contributed by atoms with Crippen LogP contribution < -0.4 is 4.74 Å². The molecule has 2 nitrogen and oxygen atoms in total. The second-order valence-electron chi connectivity index (χ2n) is 4.67. The largest absolute Gasteiger partial charge is 0.492 e. The van der Waals surface area contributed by atoms with Crippen LogP contribution in [0.15, 0.2) is 28.7 Å². The van der Waals surface area contributed by atoms with Gasteiger partial charge in [-0.25, -0.2) is 0 Å². The minimum absolute atomic E-state index is 0.156. The van der Waals surface area contributed by atoms with E-state index in [0.29, 0.717) is 6.61 Å². The van der Waals surface area contributed by atoms with E-state index in [1.54, 1.807) is 0 Å². The number of rotatable bonds is 6. The molecule has 96 valence electrons. The monoisotopic (exact) mass is 363 g/mol. The lowest BCUT2D eigenvalue weighted by Gasteiger charge is -2.33. The van der Waals surface area contributed by atoms with Gasteiger partial charge in [0.15, 0.2) is 0 Å². The molecule has 1 aromatic rings. The molecule has 0 aliphatic carbocycles. The third kappa shape index (κ3) is 4.98. The molecule has 17 heavy (non-hydrogen) atoms. The molecule has 0 aliphatic heterocycles. The summed E-state index contributed by atoms with van der Waals surface area (Å²) >= 11 is 6.93. The smallest absolute Gasteiger partial charge is 0.119 e. The Balaban J connectivity index is 2.35. The number of benzene rings is 1. The van der Waals surface area contributed by atoms with Crippen LogP contribution in [0.3, 0.4) is 0 Å². The summed E-state index contributed by atoms with van der Waals surface area (Å²) in [4.78, 5) is 2.29. The minimum atomic E-state index is 0.156. The van der Waals surface area contributed by atoms with Gasteiger partial charge in [0, 0.05) is 21.9 Å². The Labute approximate surface area is 121 Å². The Morgan fingerprint density at radius 3 is 2.35 bits per heavy atom. The molecule has 1 aromatic carbocycles. The third-order valence-electron chi connectivity index (χ3n) is 2.87. The zero-order chi connectivity index (χ0) is 12.9. The molecule has 0 amide bonds. The number of hydrogen-bond acceptors (Lipinski definition) is 2. The molecule has 4 heteroatoms. The quantitative estimate of drug-likeness (QED) is 0.709. The van der Waals surface area contributed by atoms with Crippen LogP contribution in [0, 0.1) is 0 Å². The van der Waals surface area contributed by atoms with Gasteiger partial charge in [-0.1, -0.05) is 31.9 Å². The molecule has 0 atom stereocenters. The fourth-order valence-corrected chi connectivity index (χ4v) is 1.93. The van der Waals surface area contributed by atoms with Crippen molar-refractivity contribution in [3.05, 3.63) is 28.7 Å². The van der Waals surface area contributed by atoms with Gasteiger partial charge < -0.3 is 4.74 Å². The van der Waals surface area contributed by atoms with E-state index < -0.39 is 0 Å². The maximum absolute atomic E-state index is 5.69. The molecule has 0 N–H and O–H groups in total. The highest BCUT2D eigenvalue weighted by Gasteiger charge is 2.21. The highest BCUT2D eigenvalue weighted by Crippen LogP contribution is 2.17. The summed E-state index contributed by atoms with van der Waals surface area (Å²) in [6.45, 7) is 6.03. The SMILES string of the molecule is CN(CCOc1ccc(Br)cc1)C(C)(C)CBr. The van der Waals surface area contributed by atoms with Crippen LogP contribution in [0.5, 0.6) is 5.75 Å². The maximum atomic E-state index is 5.69. The Morgan fingerprint density at radius 1 is 1.24 bits per heavy atom. The summed E-state index contributed by atoms with van der Waals surface area (Å²) in [5.74, 6) is 0.915. The van der Waals surface area contributed by atoms with Gasteiger partial charge in [-0.2, -0.15) is 0 Å². The van der Waals surface area contributed by atoms with Crippen molar-refractivity contribution in [2.45, 2.75) is 19.4 Å². The molecule has 0 saturated carbocycles. The number of halogens is 2. The van der Waals surface area contributed by atoms with Crippen molar-refractivity contribution in [2.24, 2.45) is 0 Å². The van der Waals surface area contributed by atoms with E-state index in [-0.39, 0.29) is 5.54 Å². The summed E-state index contributed by atoms with van der Waals surface area (Å²) in [6.07, 6.45) is 0. The zero-order valence-corrected chi connectivity index (χ0v) is 13.7. The van der Waals surface area contributed by atoms with Gasteiger partial charge in [-0.15, -0.1) is 0 Å². The lowest BCUT2D eigenvalue weighted by molar-refractivity contribution is 0.149. The van der Waals surface area contributed by atoms with Crippen LogP contribution >= 0.6 is 31.9 Å². The molecule has 0 heterocycles. The van der Waals surface area contributed by atoms with E-state index in [9.17, 15) is 0 Å². The van der Waals surface area contributed by atoms with E-state index in [0.717, 1.165) is 22.1 Å². The molecule has 0 fully saturated rings. The topological polar surface area (TPSA) is 12.5 Å². The van der Waals surface area contributed by atoms with Crippen LogP contribution in [0.1, 0.15) is 13.8 Å². The summed E-state index contributed by atoms with van der Waals surface area (Å²) < 4.78 is 6.77. The second-order valence-corrected chi connectivity index (χ2v) is 6.15. The molecule has 0 radical (unpaired) electrons. The predicted octanol–water partition coefficient (Wildman–Crippen LogP) is 3.93. The number of alkyl halides is 1. The average Bonchev–Trinajstić information content (AvgIpc) is 2.31. The molecular weight excluding hydrogens is 346 g/mol. The third-order valence-corrected chi connectivity index (χ3v) is 4.77. The fraction of sp³-hybridized carbons (Fsp3) is 0.538. The first-order valence-electron chi connectivity index (χ1n) is 5.61. The molecule has 0 unspecified atom stereocenters. The summed E-state index contributed by atoms with van der Waals surface area (Å²) in [5, 5.41) is 0.953. The summed E-state index contributed by atoms with van der Waals surface area (Å²) in [7, 11) is 2.12. The van der Waals surface area contributed by atoms with E-state index in [1.165, 1.54) is 0 Å². The fourth-order valence-electron chi connectivity index (χ4n) is 1.24. The first-order chi connectivity index (χ1) is 7.95. The van der Waals surface area contributed by atoms with Crippen molar-refractivity contribution in [3.8, 4) is 5.75 Å². The van der Waals surface area contributed by atoms with Gasteiger partial charge in [-0.05, 0) is 45.2 Å². The van der Waals surface area contributed by atoms with Crippen molar-refractivity contribution < 1.29 is 4.74 Å². The average molecular weight is 365 g/mol. The number of nitrogens with zero attached hydrogens (tertiary/aromatic N) is 1. The van der Waals surface area contributed by atoms with Crippen molar-refractivity contribution in [1.82, 2.24) is 4.90 Å². The van der Waals surface area contributed by atoms with Gasteiger partial charge in [0.25, 0.3) is 0 Å². The Hall–Kier alpha value is -0.0600. The first-order valence-corrected chi connectivity index (χ1v) is 7.53. The predicted molar refractivity (Wildman–Crippen MR) is 80.1 cm³/mol. The van der Waals surface area contributed by atoms with Crippen LogP contribution in [-0.4, -0.2) is 36.0 Å². The van der Waals surface area contributed by atoms with Crippen molar-refractivity contribution in [3.63, 3.8) is 0 Å². The molecule has 0 aliphatic rings. The van der Waals surface area contributed by atoms with E-state index in [4.69, 9.17) is 4.74 Å². The summed E-state index contributed by atoms with van der Waals surface area (Å²) in [6, 6.07) is 7.92. The standard InChI is InChI=1S/C13H19Br2NO/c1-13(2,10-14)16(3)8-9-17-12-6-4-11(15)5-7-12/h4-7H,8-10H2,1-3H3. The van der Waals surface area contributed by atoms with Gasteiger partial charge in [0.2, 0.25) is 0 Å². The number of ether oxygens (including phenoxy) is 1. The lowest BCUT2D eigenvalue weighted by Crippen LogP contribution is -2.44. The lowest BCUT2D eigenvalue weighted by atomic mass is 10.1. The van der Waals surface area contributed by atoms with Crippen molar-refractivity contribution >= 4 is 31.9 Å². The van der Waals surface area contributed by atoms with E-state index in [1.807, 2.05) is 24.3 Å². The molecular formula is C13H19Br2NO. The summed E-state index contributed by atoms with van der Waals surface area (Å²) in [5.41, 5.74) is 0.156. The van der Waals surface area contributed by atoms with Crippen LogP contribution in [0.4, 0.5) is 0 Å². The zero-order valence-electron chi connectivity index (χ0n) is 10.5. The number of hydrogen-bond donors (Lipinski definition) is 0. The normalized spacial score (nSPS) is 11.9. The van der Waals surface area contributed by atoms with E-state index in [2.05, 4.69) is 57.7 Å². The Kier molecular flexibility index (Phi) is 5.97. The number of likely N-dealkylation sites (N-methyl/N-ethyl adjacent to an activating group) is 1. The molecule has 0 aromatic heterocycles. The van der Waals surface area contributed by atoms with Gasteiger partial charge in [0.1, 0.15) is 12.4 Å². The van der Waals surface area contributed by atoms with Gasteiger partial charge >= 0.3 is 0 Å².